The molecule has 4 atom stereocenters. The second kappa shape index (κ2) is 5.99. The third-order valence-corrected chi connectivity index (χ3v) is 5.79. The molecule has 5 nitrogen and oxygen atoms in total. The van der Waals surface area contributed by atoms with Crippen LogP contribution in [-0.4, -0.2) is 45.0 Å². The third-order valence-electron chi connectivity index (χ3n) is 5.79. The van der Waals surface area contributed by atoms with Crippen LogP contribution in [0.1, 0.15) is 18.4 Å². The van der Waals surface area contributed by atoms with E-state index < -0.39 is 12.2 Å². The van der Waals surface area contributed by atoms with E-state index in [-0.39, 0.29) is 5.56 Å². The van der Waals surface area contributed by atoms with E-state index in [2.05, 4.69) is 4.90 Å². The summed E-state index contributed by atoms with van der Waals surface area (Å²) < 4.78 is 1.72. The third kappa shape index (κ3) is 2.66. The Hall–Kier alpha value is -1.69. The van der Waals surface area contributed by atoms with Crippen molar-refractivity contribution in [2.45, 2.75) is 31.6 Å². The highest BCUT2D eigenvalue weighted by molar-refractivity contribution is 5.79. The Bertz CT molecular complexity index is 798. The quantitative estimate of drug-likeness (QED) is 0.866. The number of aromatic nitrogens is 1. The lowest BCUT2D eigenvalue weighted by Crippen LogP contribution is -2.38. The average molecular weight is 328 g/mol. The Labute approximate surface area is 141 Å². The largest absolute Gasteiger partial charge is 0.390 e. The number of aryl methyl sites for hydroxylation is 1. The van der Waals surface area contributed by atoms with Gasteiger partial charge in [-0.1, -0.05) is 18.2 Å². The molecule has 5 heteroatoms. The Kier molecular flexibility index (Phi) is 3.95. The first-order chi connectivity index (χ1) is 11.5. The molecule has 1 saturated heterocycles. The number of aliphatic hydroxyl groups excluding tert-OH is 2. The van der Waals surface area contributed by atoms with E-state index in [9.17, 15) is 15.0 Å². The van der Waals surface area contributed by atoms with Gasteiger partial charge in [0.05, 0.1) is 17.7 Å². The maximum atomic E-state index is 12.6. The standard InChI is InChI=1S/C19H24N2O3/c1-20-16-5-3-2-4-12(16)6-15(19(20)24)11-21-9-13-7-17(22)18(23)8-14(13)10-21/h2-6,13-14,17-18,22-23H,7-11H2,1H3/t13-,14+,17+,18-. The van der Waals surface area contributed by atoms with Gasteiger partial charge in [0.15, 0.2) is 0 Å². The summed E-state index contributed by atoms with van der Waals surface area (Å²) in [4.78, 5) is 14.9. The Morgan fingerprint density at radius 1 is 1.08 bits per heavy atom. The highest BCUT2D eigenvalue weighted by atomic mass is 16.3. The fourth-order valence-corrected chi connectivity index (χ4v) is 4.48. The molecule has 2 aliphatic rings. The van der Waals surface area contributed by atoms with Gasteiger partial charge in [0.2, 0.25) is 0 Å². The van der Waals surface area contributed by atoms with Crippen LogP contribution < -0.4 is 5.56 Å². The van der Waals surface area contributed by atoms with Crippen molar-refractivity contribution in [3.8, 4) is 0 Å². The van der Waals surface area contributed by atoms with Crippen molar-refractivity contribution in [2.75, 3.05) is 13.1 Å². The number of para-hydroxylation sites is 1. The van der Waals surface area contributed by atoms with Gasteiger partial charge in [0, 0.05) is 32.2 Å². The summed E-state index contributed by atoms with van der Waals surface area (Å²) in [5.41, 5.74) is 1.83. The number of aliphatic hydroxyl groups is 2. The summed E-state index contributed by atoms with van der Waals surface area (Å²) in [6.45, 7) is 2.42. The molecule has 1 aliphatic heterocycles. The lowest BCUT2D eigenvalue weighted by atomic mass is 9.79. The SMILES string of the molecule is Cn1c(=O)c(CN2C[C@H]3C[C@H](O)[C@H](O)C[C@H]3C2)cc2ccccc21. The highest BCUT2D eigenvalue weighted by Crippen LogP contribution is 2.36. The second-order valence-corrected chi connectivity index (χ2v) is 7.41. The zero-order valence-electron chi connectivity index (χ0n) is 13.9. The van der Waals surface area contributed by atoms with E-state index in [0.29, 0.717) is 31.2 Å². The number of likely N-dealkylation sites (tertiary alicyclic amines) is 1. The molecule has 0 bridgehead atoms. The molecule has 2 aromatic rings. The van der Waals surface area contributed by atoms with Gasteiger partial charge < -0.3 is 14.8 Å². The number of nitrogens with zero attached hydrogens (tertiary/aromatic N) is 2. The van der Waals surface area contributed by atoms with Gasteiger partial charge in [-0.2, -0.15) is 0 Å². The van der Waals surface area contributed by atoms with Crippen LogP contribution in [0.2, 0.25) is 0 Å². The average Bonchev–Trinajstić information content (AvgIpc) is 2.94. The normalized spacial score (nSPS) is 30.6. The highest BCUT2D eigenvalue weighted by Gasteiger charge is 2.41. The van der Waals surface area contributed by atoms with Gasteiger partial charge >= 0.3 is 0 Å². The summed E-state index contributed by atoms with van der Waals surface area (Å²) in [5.74, 6) is 0.848. The van der Waals surface area contributed by atoms with Crippen molar-refractivity contribution in [1.29, 1.82) is 0 Å². The molecule has 1 aromatic carbocycles. The van der Waals surface area contributed by atoms with Crippen molar-refractivity contribution in [1.82, 2.24) is 9.47 Å². The number of hydrogen-bond donors (Lipinski definition) is 2. The minimum absolute atomic E-state index is 0.0589. The zero-order chi connectivity index (χ0) is 16.8. The fourth-order valence-electron chi connectivity index (χ4n) is 4.48. The van der Waals surface area contributed by atoms with E-state index >= 15 is 0 Å². The number of pyridine rings is 1. The minimum atomic E-state index is -0.597. The molecule has 1 saturated carbocycles. The van der Waals surface area contributed by atoms with Gasteiger partial charge in [-0.25, -0.2) is 0 Å². The number of benzene rings is 1. The van der Waals surface area contributed by atoms with Crippen LogP contribution in [0.4, 0.5) is 0 Å². The van der Waals surface area contributed by atoms with Crippen LogP contribution in [0, 0.1) is 11.8 Å². The summed E-state index contributed by atoms with van der Waals surface area (Å²) >= 11 is 0. The molecule has 24 heavy (non-hydrogen) atoms. The van der Waals surface area contributed by atoms with E-state index in [1.54, 1.807) is 4.57 Å². The van der Waals surface area contributed by atoms with Crippen LogP contribution >= 0.6 is 0 Å². The Morgan fingerprint density at radius 3 is 2.38 bits per heavy atom. The summed E-state index contributed by atoms with van der Waals surface area (Å²) in [6, 6.07) is 9.94. The maximum absolute atomic E-state index is 12.6. The predicted octanol–water partition coefficient (Wildman–Crippen LogP) is 1.10. The molecule has 1 aliphatic carbocycles. The van der Waals surface area contributed by atoms with Crippen LogP contribution in [0.5, 0.6) is 0 Å². The van der Waals surface area contributed by atoms with Crippen LogP contribution in [0.3, 0.4) is 0 Å². The molecule has 1 aromatic heterocycles. The van der Waals surface area contributed by atoms with Gasteiger partial charge in [-0.05, 0) is 42.2 Å². The van der Waals surface area contributed by atoms with Crippen molar-refractivity contribution >= 4 is 10.9 Å². The Balaban J connectivity index is 1.57. The van der Waals surface area contributed by atoms with Gasteiger partial charge in [-0.3, -0.25) is 9.69 Å². The predicted molar refractivity (Wildman–Crippen MR) is 92.7 cm³/mol. The van der Waals surface area contributed by atoms with Crippen LogP contribution in [0.25, 0.3) is 10.9 Å². The smallest absolute Gasteiger partial charge is 0.255 e. The van der Waals surface area contributed by atoms with E-state index in [0.717, 1.165) is 29.6 Å². The van der Waals surface area contributed by atoms with E-state index in [1.165, 1.54) is 0 Å². The van der Waals surface area contributed by atoms with E-state index in [1.807, 2.05) is 37.4 Å². The summed E-state index contributed by atoms with van der Waals surface area (Å²) in [7, 11) is 1.82. The van der Waals surface area contributed by atoms with Crippen LogP contribution in [0.15, 0.2) is 35.1 Å². The first kappa shape index (κ1) is 15.8. The topological polar surface area (TPSA) is 65.7 Å². The maximum Gasteiger partial charge on any atom is 0.255 e. The number of rotatable bonds is 2. The van der Waals surface area contributed by atoms with Crippen LogP contribution in [-0.2, 0) is 13.6 Å². The molecule has 4 rings (SSSR count). The summed E-state index contributed by atoms with van der Waals surface area (Å²) in [6.07, 6.45) is 0.135. The van der Waals surface area contributed by atoms with Gasteiger partial charge in [-0.15, -0.1) is 0 Å². The molecule has 0 unspecified atom stereocenters. The number of hydrogen-bond acceptors (Lipinski definition) is 4. The molecule has 0 radical (unpaired) electrons. The summed E-state index contributed by atoms with van der Waals surface area (Å²) in [5, 5.41) is 20.8. The van der Waals surface area contributed by atoms with Gasteiger partial charge in [0.1, 0.15) is 0 Å². The Morgan fingerprint density at radius 2 is 1.71 bits per heavy atom. The van der Waals surface area contributed by atoms with Crippen molar-refractivity contribution in [2.24, 2.45) is 18.9 Å². The van der Waals surface area contributed by atoms with Crippen molar-refractivity contribution < 1.29 is 10.2 Å². The molecule has 2 fully saturated rings. The zero-order valence-corrected chi connectivity index (χ0v) is 13.9. The fraction of sp³-hybridized carbons (Fsp3) is 0.526. The molecule has 0 spiro atoms. The molecule has 2 N–H and O–H groups in total. The molecular weight excluding hydrogens is 304 g/mol. The first-order valence-corrected chi connectivity index (χ1v) is 8.69. The molecule has 128 valence electrons. The first-order valence-electron chi connectivity index (χ1n) is 8.69. The lowest BCUT2D eigenvalue weighted by Gasteiger charge is -2.32. The molecular formula is C19H24N2O3. The van der Waals surface area contributed by atoms with E-state index in [4.69, 9.17) is 0 Å². The molecule has 2 heterocycles. The monoisotopic (exact) mass is 328 g/mol. The lowest BCUT2D eigenvalue weighted by molar-refractivity contribution is -0.0372. The second-order valence-electron chi connectivity index (χ2n) is 7.41. The van der Waals surface area contributed by atoms with Crippen molar-refractivity contribution in [3.63, 3.8) is 0 Å². The molecule has 0 amide bonds. The number of fused-ring (bicyclic) bond motifs is 2. The minimum Gasteiger partial charge on any atom is -0.390 e. The van der Waals surface area contributed by atoms with Gasteiger partial charge in [0.25, 0.3) is 5.56 Å². The van der Waals surface area contributed by atoms with Crippen molar-refractivity contribution in [3.05, 3.63) is 46.2 Å².